The maximum absolute atomic E-state index is 10.8. The van der Waals surface area contributed by atoms with Gasteiger partial charge in [-0.15, -0.1) is 0 Å². The zero-order valence-corrected chi connectivity index (χ0v) is 9.47. The quantitative estimate of drug-likeness (QED) is 0.666. The number of hydrogen-bond donors (Lipinski definition) is 2. The van der Waals surface area contributed by atoms with Crippen molar-refractivity contribution in [2.75, 3.05) is 12.1 Å². The second-order valence-corrected chi connectivity index (χ2v) is 5.62. The van der Waals surface area contributed by atoms with E-state index < -0.39 is 21.8 Å². The van der Waals surface area contributed by atoms with Crippen molar-refractivity contribution in [3.8, 4) is 0 Å². The van der Waals surface area contributed by atoms with Crippen LogP contribution < -0.4 is 5.32 Å². The lowest BCUT2D eigenvalue weighted by molar-refractivity contribution is -0.140. The minimum atomic E-state index is -3.17. The Morgan fingerprint density at radius 1 is 1.50 bits per heavy atom. The van der Waals surface area contributed by atoms with Crippen molar-refractivity contribution in [2.45, 2.75) is 26.3 Å². The number of carboxylic acid groups (broad SMARTS) is 1. The van der Waals surface area contributed by atoms with E-state index >= 15 is 0 Å². The summed E-state index contributed by atoms with van der Waals surface area (Å²) < 4.78 is 21.6. The second-order valence-electron chi connectivity index (χ2n) is 3.48. The first kappa shape index (κ1) is 13.4. The Balaban J connectivity index is 4.33. The third-order valence-corrected chi connectivity index (χ3v) is 2.74. The number of hydrogen-bond acceptors (Lipinski definition) is 4. The third-order valence-electron chi connectivity index (χ3n) is 2.04. The smallest absolute Gasteiger partial charge is 0.320 e. The van der Waals surface area contributed by atoms with E-state index in [1.165, 1.54) is 0 Å². The van der Waals surface area contributed by atoms with Crippen LogP contribution in [0.2, 0.25) is 0 Å². The van der Waals surface area contributed by atoms with Crippen LogP contribution in [0.25, 0.3) is 0 Å². The maximum Gasteiger partial charge on any atom is 0.320 e. The van der Waals surface area contributed by atoms with Gasteiger partial charge in [-0.25, -0.2) is 8.42 Å². The molecule has 0 spiro atoms. The van der Waals surface area contributed by atoms with Gasteiger partial charge in [-0.3, -0.25) is 10.1 Å². The summed E-state index contributed by atoms with van der Waals surface area (Å²) in [6.45, 7) is 3.64. The van der Waals surface area contributed by atoms with Crippen molar-refractivity contribution in [3.05, 3.63) is 0 Å². The summed E-state index contributed by atoms with van der Waals surface area (Å²) in [6, 6.07) is -0.797. The Labute approximate surface area is 84.4 Å². The molecule has 5 nitrogen and oxygen atoms in total. The Kier molecular flexibility index (Phi) is 5.07. The average Bonchev–Trinajstić information content (AvgIpc) is 2.01. The highest BCUT2D eigenvalue weighted by Gasteiger charge is 2.23. The van der Waals surface area contributed by atoms with Crippen LogP contribution in [0.15, 0.2) is 0 Å². The molecule has 2 atom stereocenters. The number of aliphatic carboxylic acids is 1. The van der Waals surface area contributed by atoms with Crippen LogP contribution >= 0.6 is 0 Å². The van der Waals surface area contributed by atoms with Crippen molar-refractivity contribution in [2.24, 2.45) is 5.92 Å². The van der Waals surface area contributed by atoms with E-state index in [1.54, 1.807) is 6.92 Å². The van der Waals surface area contributed by atoms with E-state index in [4.69, 9.17) is 5.11 Å². The molecular weight excluding hydrogens is 206 g/mol. The average molecular weight is 223 g/mol. The van der Waals surface area contributed by atoms with E-state index in [0.717, 1.165) is 6.26 Å². The molecule has 14 heavy (non-hydrogen) atoms. The molecule has 0 aliphatic carbocycles. The summed E-state index contributed by atoms with van der Waals surface area (Å²) in [4.78, 5) is 10.8. The summed E-state index contributed by atoms with van der Waals surface area (Å²) in [5.41, 5.74) is 0. The molecule has 0 bridgehead atoms. The van der Waals surface area contributed by atoms with Gasteiger partial charge in [0.2, 0.25) is 0 Å². The molecule has 2 N–H and O–H groups in total. The number of nitrogens with one attached hydrogen (secondary N) is 1. The van der Waals surface area contributed by atoms with E-state index in [0.29, 0.717) is 6.42 Å². The van der Waals surface area contributed by atoms with Crippen molar-refractivity contribution in [1.29, 1.82) is 0 Å². The van der Waals surface area contributed by atoms with Crippen molar-refractivity contribution >= 4 is 15.8 Å². The highest BCUT2D eigenvalue weighted by Crippen LogP contribution is 2.07. The van der Waals surface area contributed by atoms with Crippen LogP contribution in [0, 0.1) is 5.92 Å². The molecule has 0 amide bonds. The normalized spacial score (nSPS) is 16.2. The second kappa shape index (κ2) is 5.31. The van der Waals surface area contributed by atoms with E-state index in [9.17, 15) is 13.2 Å². The molecule has 0 rings (SSSR count). The molecule has 0 saturated carbocycles. The predicted molar refractivity (Wildman–Crippen MR) is 53.7 cm³/mol. The predicted octanol–water partition coefficient (Wildman–Crippen LogP) is 0.0774. The fourth-order valence-corrected chi connectivity index (χ4v) is 1.49. The SMILES string of the molecule is CCC(C)C(NCS(C)(=O)=O)C(=O)O. The first-order chi connectivity index (χ1) is 6.28. The molecule has 0 aromatic carbocycles. The third kappa shape index (κ3) is 5.18. The van der Waals surface area contributed by atoms with Gasteiger partial charge in [-0.1, -0.05) is 20.3 Å². The summed E-state index contributed by atoms with van der Waals surface area (Å²) in [6.07, 6.45) is 1.75. The molecule has 6 heteroatoms. The lowest BCUT2D eigenvalue weighted by Gasteiger charge is -2.19. The summed E-state index contributed by atoms with van der Waals surface area (Å²) in [7, 11) is -3.17. The van der Waals surface area contributed by atoms with Gasteiger partial charge in [0.25, 0.3) is 0 Å². The zero-order chi connectivity index (χ0) is 11.4. The molecule has 0 saturated heterocycles. The number of carboxylic acids is 1. The van der Waals surface area contributed by atoms with Gasteiger partial charge in [-0.2, -0.15) is 0 Å². The molecule has 0 fully saturated rings. The molecule has 0 aliphatic rings. The minimum Gasteiger partial charge on any atom is -0.480 e. The largest absolute Gasteiger partial charge is 0.480 e. The molecule has 0 aromatic rings. The topological polar surface area (TPSA) is 83.5 Å². The van der Waals surface area contributed by atoms with Gasteiger partial charge in [0.15, 0.2) is 9.84 Å². The van der Waals surface area contributed by atoms with E-state index in [2.05, 4.69) is 5.32 Å². The van der Waals surface area contributed by atoms with Crippen LogP contribution in [-0.4, -0.2) is 37.7 Å². The number of sulfone groups is 1. The van der Waals surface area contributed by atoms with Crippen LogP contribution in [0.5, 0.6) is 0 Å². The van der Waals surface area contributed by atoms with Gasteiger partial charge >= 0.3 is 5.97 Å². The highest BCUT2D eigenvalue weighted by molar-refractivity contribution is 7.90. The Morgan fingerprint density at radius 2 is 2.00 bits per heavy atom. The minimum absolute atomic E-state index is 0.0887. The number of carbonyl (C=O) groups is 1. The van der Waals surface area contributed by atoms with Crippen LogP contribution in [0.3, 0.4) is 0 Å². The first-order valence-corrected chi connectivity index (χ1v) is 6.48. The number of rotatable bonds is 6. The summed E-state index contributed by atoms with van der Waals surface area (Å²) in [5, 5.41) is 11.3. The Morgan fingerprint density at radius 3 is 2.29 bits per heavy atom. The van der Waals surface area contributed by atoms with E-state index in [-0.39, 0.29) is 11.8 Å². The van der Waals surface area contributed by atoms with Gasteiger partial charge in [0, 0.05) is 6.26 Å². The van der Waals surface area contributed by atoms with Crippen molar-refractivity contribution < 1.29 is 18.3 Å². The van der Waals surface area contributed by atoms with Crippen molar-refractivity contribution in [1.82, 2.24) is 5.32 Å². The molecule has 0 heterocycles. The lowest BCUT2D eigenvalue weighted by Crippen LogP contribution is -2.43. The van der Waals surface area contributed by atoms with Crippen molar-refractivity contribution in [3.63, 3.8) is 0 Å². The van der Waals surface area contributed by atoms with Crippen LogP contribution in [-0.2, 0) is 14.6 Å². The molecule has 2 unspecified atom stereocenters. The molecule has 0 aliphatic heterocycles. The molecule has 84 valence electrons. The summed E-state index contributed by atoms with van der Waals surface area (Å²) >= 11 is 0. The monoisotopic (exact) mass is 223 g/mol. The summed E-state index contributed by atoms with van der Waals surface area (Å²) in [5.74, 6) is -1.40. The fraction of sp³-hybridized carbons (Fsp3) is 0.875. The maximum atomic E-state index is 10.8. The van der Waals surface area contributed by atoms with Crippen LogP contribution in [0.1, 0.15) is 20.3 Å². The first-order valence-electron chi connectivity index (χ1n) is 4.41. The van der Waals surface area contributed by atoms with E-state index in [1.807, 2.05) is 6.92 Å². The molecule has 0 radical (unpaired) electrons. The molecular formula is C8H17NO4S. The van der Waals surface area contributed by atoms with Gasteiger partial charge in [-0.05, 0) is 5.92 Å². The highest BCUT2D eigenvalue weighted by atomic mass is 32.2. The van der Waals surface area contributed by atoms with Gasteiger partial charge in [0.05, 0.1) is 5.88 Å². The zero-order valence-electron chi connectivity index (χ0n) is 8.65. The Hall–Kier alpha value is -0.620. The van der Waals surface area contributed by atoms with Crippen LogP contribution in [0.4, 0.5) is 0 Å². The Bertz CT molecular complexity index is 286. The standard InChI is InChI=1S/C8H17NO4S/c1-4-6(2)7(8(10)11)9-5-14(3,12)13/h6-7,9H,4-5H2,1-3H3,(H,10,11). The fourth-order valence-electron chi connectivity index (χ4n) is 1.01. The van der Waals surface area contributed by atoms with Gasteiger partial charge in [0.1, 0.15) is 6.04 Å². The molecule has 0 aromatic heterocycles. The van der Waals surface area contributed by atoms with Gasteiger partial charge < -0.3 is 5.11 Å². The lowest BCUT2D eigenvalue weighted by atomic mass is 10.00.